The third-order valence-corrected chi connectivity index (χ3v) is 3.21. The predicted molar refractivity (Wildman–Crippen MR) is 79.4 cm³/mol. The van der Waals surface area contributed by atoms with Crippen molar-refractivity contribution in [3.8, 4) is 11.3 Å². The van der Waals surface area contributed by atoms with E-state index in [-0.39, 0.29) is 11.5 Å². The fraction of sp³-hybridized carbons (Fsp3) is 0. The van der Waals surface area contributed by atoms with Crippen molar-refractivity contribution < 1.29 is 14.0 Å². The van der Waals surface area contributed by atoms with Crippen molar-refractivity contribution in [3.63, 3.8) is 0 Å². The van der Waals surface area contributed by atoms with E-state index in [1.807, 2.05) is 30.3 Å². The van der Waals surface area contributed by atoms with E-state index in [0.717, 1.165) is 5.56 Å². The van der Waals surface area contributed by atoms with E-state index in [9.17, 15) is 9.59 Å². The Bertz CT molecular complexity index is 768. The zero-order valence-corrected chi connectivity index (χ0v) is 11.2. The van der Waals surface area contributed by atoms with Gasteiger partial charge in [-0.3, -0.25) is 9.59 Å². The second-order valence-corrected chi connectivity index (χ2v) is 4.59. The zero-order chi connectivity index (χ0) is 14.7. The van der Waals surface area contributed by atoms with Crippen LogP contribution < -0.4 is 0 Å². The average Bonchev–Trinajstić information content (AvgIpc) is 3.04. The molecule has 1 heterocycles. The van der Waals surface area contributed by atoms with E-state index in [4.69, 9.17) is 4.42 Å². The third kappa shape index (κ3) is 2.67. The first kappa shape index (κ1) is 13.1. The number of carbonyl (C=O) groups is 2. The summed E-state index contributed by atoms with van der Waals surface area (Å²) >= 11 is 0. The molecule has 3 heteroatoms. The Hall–Kier alpha value is -2.94. The Labute approximate surface area is 121 Å². The minimum Gasteiger partial charge on any atom is -0.453 e. The van der Waals surface area contributed by atoms with E-state index < -0.39 is 0 Å². The van der Waals surface area contributed by atoms with Crippen molar-refractivity contribution in [1.82, 2.24) is 0 Å². The lowest BCUT2D eigenvalue weighted by Gasteiger charge is -2.02. The minimum atomic E-state index is -0.0184. The standard InChI is InChI=1S/C18H12O3/c19-12-16-10-11-17(21-16)13-6-8-15(9-7-13)18(20)14-4-2-1-3-5-14/h1-12H. The monoisotopic (exact) mass is 276 g/mol. The second-order valence-electron chi connectivity index (χ2n) is 4.59. The van der Waals surface area contributed by atoms with Crippen LogP contribution in [0.4, 0.5) is 0 Å². The Kier molecular flexibility index (Phi) is 3.48. The van der Waals surface area contributed by atoms with Gasteiger partial charge in [0.1, 0.15) is 5.76 Å². The van der Waals surface area contributed by atoms with Gasteiger partial charge in [-0.15, -0.1) is 0 Å². The summed E-state index contributed by atoms with van der Waals surface area (Å²) in [6.07, 6.45) is 0.663. The molecule has 2 aromatic carbocycles. The smallest absolute Gasteiger partial charge is 0.193 e. The lowest BCUT2D eigenvalue weighted by molar-refractivity contribution is 0.103. The zero-order valence-electron chi connectivity index (χ0n) is 11.2. The molecule has 0 bridgehead atoms. The highest BCUT2D eigenvalue weighted by molar-refractivity contribution is 6.09. The topological polar surface area (TPSA) is 47.3 Å². The van der Waals surface area contributed by atoms with Crippen molar-refractivity contribution in [3.05, 3.63) is 83.6 Å². The van der Waals surface area contributed by atoms with Gasteiger partial charge in [0, 0.05) is 16.7 Å². The maximum absolute atomic E-state index is 12.3. The molecule has 3 nitrogen and oxygen atoms in total. The number of ketones is 1. The summed E-state index contributed by atoms with van der Waals surface area (Å²) in [4.78, 5) is 22.9. The first-order chi connectivity index (χ1) is 10.3. The molecule has 0 amide bonds. The molecule has 0 fully saturated rings. The molecule has 21 heavy (non-hydrogen) atoms. The molecule has 0 saturated heterocycles. The summed E-state index contributed by atoms with van der Waals surface area (Å²) in [5.74, 6) is 0.875. The molecule has 0 unspecified atom stereocenters. The van der Waals surface area contributed by atoms with Gasteiger partial charge >= 0.3 is 0 Å². The van der Waals surface area contributed by atoms with Crippen molar-refractivity contribution in [2.45, 2.75) is 0 Å². The van der Waals surface area contributed by atoms with E-state index in [2.05, 4.69) is 0 Å². The van der Waals surface area contributed by atoms with Gasteiger partial charge in [-0.1, -0.05) is 54.6 Å². The van der Waals surface area contributed by atoms with Crippen LogP contribution >= 0.6 is 0 Å². The molecule has 0 spiro atoms. The molecule has 0 aliphatic rings. The van der Waals surface area contributed by atoms with E-state index in [1.54, 1.807) is 36.4 Å². The van der Waals surface area contributed by atoms with Gasteiger partial charge in [0.15, 0.2) is 17.8 Å². The molecule has 0 saturated carbocycles. The summed E-state index contributed by atoms with van der Waals surface area (Å²) in [6.45, 7) is 0. The normalized spacial score (nSPS) is 10.3. The number of aldehydes is 1. The van der Waals surface area contributed by atoms with Crippen LogP contribution in [0.1, 0.15) is 26.5 Å². The van der Waals surface area contributed by atoms with E-state index in [1.165, 1.54) is 0 Å². The van der Waals surface area contributed by atoms with Crippen LogP contribution in [0.25, 0.3) is 11.3 Å². The van der Waals surface area contributed by atoms with Gasteiger partial charge in [-0.2, -0.15) is 0 Å². The summed E-state index contributed by atoms with van der Waals surface area (Å²) < 4.78 is 5.35. The Morgan fingerprint density at radius 2 is 1.48 bits per heavy atom. The highest BCUT2D eigenvalue weighted by Crippen LogP contribution is 2.22. The first-order valence-corrected chi connectivity index (χ1v) is 6.53. The predicted octanol–water partition coefficient (Wildman–Crippen LogP) is 3.99. The highest BCUT2D eigenvalue weighted by atomic mass is 16.3. The fourth-order valence-electron chi connectivity index (χ4n) is 2.11. The minimum absolute atomic E-state index is 0.0184. The van der Waals surface area contributed by atoms with Crippen LogP contribution in [0.2, 0.25) is 0 Å². The van der Waals surface area contributed by atoms with Gasteiger partial charge < -0.3 is 4.42 Å². The van der Waals surface area contributed by atoms with E-state index >= 15 is 0 Å². The quantitative estimate of drug-likeness (QED) is 0.534. The van der Waals surface area contributed by atoms with Crippen LogP contribution in [-0.2, 0) is 0 Å². The van der Waals surface area contributed by atoms with Gasteiger partial charge in [0.25, 0.3) is 0 Å². The maximum Gasteiger partial charge on any atom is 0.193 e. The summed E-state index contributed by atoms with van der Waals surface area (Å²) in [6, 6.07) is 19.6. The number of hydrogen-bond donors (Lipinski definition) is 0. The fourth-order valence-corrected chi connectivity index (χ4v) is 2.11. The maximum atomic E-state index is 12.3. The van der Waals surface area contributed by atoms with Crippen molar-refractivity contribution in [2.75, 3.05) is 0 Å². The first-order valence-electron chi connectivity index (χ1n) is 6.53. The number of hydrogen-bond acceptors (Lipinski definition) is 3. The van der Waals surface area contributed by atoms with Gasteiger partial charge in [0.2, 0.25) is 0 Å². The Morgan fingerprint density at radius 3 is 2.10 bits per heavy atom. The molecular formula is C18H12O3. The van der Waals surface area contributed by atoms with Gasteiger partial charge in [-0.25, -0.2) is 0 Å². The summed E-state index contributed by atoms with van der Waals surface area (Å²) in [7, 11) is 0. The van der Waals surface area contributed by atoms with Gasteiger partial charge in [-0.05, 0) is 12.1 Å². The van der Waals surface area contributed by atoms with Crippen LogP contribution in [0.3, 0.4) is 0 Å². The lowest BCUT2D eigenvalue weighted by Crippen LogP contribution is -2.00. The molecule has 0 aliphatic heterocycles. The summed E-state index contributed by atoms with van der Waals surface area (Å²) in [5, 5.41) is 0. The number of benzene rings is 2. The second kappa shape index (κ2) is 5.59. The Balaban J connectivity index is 1.87. The van der Waals surface area contributed by atoms with Crippen molar-refractivity contribution >= 4 is 12.1 Å². The van der Waals surface area contributed by atoms with Crippen LogP contribution in [0.15, 0.2) is 71.1 Å². The molecule has 0 N–H and O–H groups in total. The number of furan rings is 1. The Morgan fingerprint density at radius 1 is 0.810 bits per heavy atom. The highest BCUT2D eigenvalue weighted by Gasteiger charge is 2.09. The molecule has 0 atom stereocenters. The third-order valence-electron chi connectivity index (χ3n) is 3.21. The van der Waals surface area contributed by atoms with Crippen LogP contribution in [-0.4, -0.2) is 12.1 Å². The lowest BCUT2D eigenvalue weighted by atomic mass is 10.0. The average molecular weight is 276 g/mol. The molecular weight excluding hydrogens is 264 g/mol. The molecule has 3 aromatic rings. The molecule has 0 aliphatic carbocycles. The number of rotatable bonds is 4. The molecule has 3 rings (SSSR count). The summed E-state index contributed by atoms with van der Waals surface area (Å²) in [5.41, 5.74) is 2.10. The van der Waals surface area contributed by atoms with Crippen molar-refractivity contribution in [2.24, 2.45) is 0 Å². The van der Waals surface area contributed by atoms with E-state index in [0.29, 0.717) is 23.2 Å². The molecule has 0 radical (unpaired) electrons. The molecule has 1 aromatic heterocycles. The van der Waals surface area contributed by atoms with Crippen LogP contribution in [0, 0.1) is 0 Å². The van der Waals surface area contributed by atoms with Crippen molar-refractivity contribution in [1.29, 1.82) is 0 Å². The number of carbonyl (C=O) groups excluding carboxylic acids is 2. The van der Waals surface area contributed by atoms with Crippen LogP contribution in [0.5, 0.6) is 0 Å². The largest absolute Gasteiger partial charge is 0.453 e. The van der Waals surface area contributed by atoms with Gasteiger partial charge in [0.05, 0.1) is 0 Å². The molecule has 102 valence electrons. The SMILES string of the molecule is O=Cc1ccc(-c2ccc(C(=O)c3ccccc3)cc2)o1.